The van der Waals surface area contributed by atoms with Crippen LogP contribution in [-0.4, -0.2) is 52.5 Å². The van der Waals surface area contributed by atoms with Crippen molar-refractivity contribution >= 4 is 22.8 Å². The van der Waals surface area contributed by atoms with Gasteiger partial charge in [-0.05, 0) is 44.1 Å². The average molecular weight is 421 g/mol. The fourth-order valence-electron chi connectivity index (χ4n) is 4.35. The van der Waals surface area contributed by atoms with Crippen LogP contribution in [0.1, 0.15) is 40.0 Å². The Morgan fingerprint density at radius 1 is 0.871 bits per heavy atom. The van der Waals surface area contributed by atoms with Crippen LogP contribution in [0.4, 0.5) is 0 Å². The van der Waals surface area contributed by atoms with Crippen LogP contribution in [0, 0.1) is 5.41 Å². The molecule has 1 N–H and O–H groups in total. The van der Waals surface area contributed by atoms with Gasteiger partial charge in [0, 0.05) is 18.7 Å². The highest BCUT2D eigenvalue weighted by atomic mass is 16.5. The number of nitrogens with zero attached hydrogens (tertiary/aromatic N) is 3. The minimum atomic E-state index is -0.538. The van der Waals surface area contributed by atoms with E-state index >= 15 is 0 Å². The summed E-state index contributed by atoms with van der Waals surface area (Å²) < 4.78 is 8.52. The number of piperidine rings is 1. The van der Waals surface area contributed by atoms with Crippen molar-refractivity contribution in [1.29, 1.82) is 5.41 Å². The number of methoxy groups -OCH3 is 1. The molecule has 0 radical (unpaired) electrons. The van der Waals surface area contributed by atoms with Gasteiger partial charge in [0.15, 0.2) is 5.78 Å². The Kier molecular flexibility index (Phi) is 6.32. The number of aromatic nitrogens is 2. The lowest BCUT2D eigenvalue weighted by atomic mass is 10.0. The van der Waals surface area contributed by atoms with Gasteiger partial charge in [-0.1, -0.05) is 36.8 Å². The number of ketones is 1. The molecule has 1 aliphatic rings. The summed E-state index contributed by atoms with van der Waals surface area (Å²) in [5.41, 5.74) is 2.64. The highest BCUT2D eigenvalue weighted by Gasteiger charge is 2.20. The van der Waals surface area contributed by atoms with Crippen LogP contribution in [0.5, 0.6) is 0 Å². The summed E-state index contributed by atoms with van der Waals surface area (Å²) in [7, 11) is 1.30. The number of fused-ring (bicyclic) bond motifs is 1. The lowest BCUT2D eigenvalue weighted by Gasteiger charge is -2.26. The van der Waals surface area contributed by atoms with Gasteiger partial charge >= 0.3 is 5.97 Å². The van der Waals surface area contributed by atoms with Crippen molar-refractivity contribution in [3.63, 3.8) is 0 Å². The van der Waals surface area contributed by atoms with E-state index in [0.29, 0.717) is 17.7 Å². The van der Waals surface area contributed by atoms with E-state index in [1.54, 1.807) is 28.8 Å². The predicted molar refractivity (Wildman–Crippen MR) is 118 cm³/mol. The molecular weight excluding hydrogens is 392 g/mol. The van der Waals surface area contributed by atoms with Crippen molar-refractivity contribution in [2.45, 2.75) is 32.4 Å². The highest BCUT2D eigenvalue weighted by Crippen LogP contribution is 2.17. The number of likely N-dealkylation sites (tertiary alicyclic amines) is 1. The molecule has 2 aromatic carbocycles. The zero-order valence-corrected chi connectivity index (χ0v) is 17.8. The van der Waals surface area contributed by atoms with E-state index in [2.05, 4.69) is 4.90 Å². The fraction of sp³-hybridized carbons (Fsp3) is 0.375. The van der Waals surface area contributed by atoms with Crippen LogP contribution in [0.3, 0.4) is 0 Å². The molecule has 0 spiro atoms. The molecular formula is C24H28N4O3. The maximum absolute atomic E-state index is 13.1. The Morgan fingerprint density at radius 3 is 2.16 bits per heavy atom. The van der Waals surface area contributed by atoms with E-state index in [9.17, 15) is 9.59 Å². The third kappa shape index (κ3) is 4.32. The van der Waals surface area contributed by atoms with E-state index in [0.717, 1.165) is 30.7 Å². The number of nitrogens with one attached hydrogen (secondary N) is 1. The number of para-hydroxylation sites is 2. The van der Waals surface area contributed by atoms with Gasteiger partial charge in [0.05, 0.1) is 30.3 Å². The van der Waals surface area contributed by atoms with Crippen molar-refractivity contribution in [1.82, 2.24) is 14.0 Å². The SMILES string of the molecule is COC(=O)c1ccccc1C(=O)Cn1c(=N)n(CCN2CCCCC2)c2ccccc21. The molecule has 0 amide bonds. The molecule has 0 unspecified atom stereocenters. The molecule has 1 aromatic heterocycles. The van der Waals surface area contributed by atoms with Gasteiger partial charge in [-0.3, -0.25) is 10.2 Å². The summed E-state index contributed by atoms with van der Waals surface area (Å²) in [6, 6.07) is 14.5. The van der Waals surface area contributed by atoms with Gasteiger partial charge in [0.2, 0.25) is 5.62 Å². The lowest BCUT2D eigenvalue weighted by molar-refractivity contribution is 0.0596. The smallest absolute Gasteiger partial charge is 0.338 e. The van der Waals surface area contributed by atoms with Crippen LogP contribution in [0.2, 0.25) is 0 Å². The average Bonchev–Trinajstić information content (AvgIpc) is 3.08. The maximum Gasteiger partial charge on any atom is 0.338 e. The standard InChI is InChI=1S/C24H28N4O3/c1-31-23(30)19-10-4-3-9-18(19)22(29)17-28-21-12-6-5-11-20(21)27(24(28)25)16-15-26-13-7-2-8-14-26/h3-6,9-12,25H,2,7-8,13-17H2,1H3. The molecule has 0 atom stereocenters. The fourth-order valence-corrected chi connectivity index (χ4v) is 4.35. The number of ether oxygens (including phenoxy) is 1. The first-order valence-electron chi connectivity index (χ1n) is 10.8. The van der Waals surface area contributed by atoms with Crippen LogP contribution in [0.15, 0.2) is 48.5 Å². The van der Waals surface area contributed by atoms with E-state index in [-0.39, 0.29) is 17.9 Å². The molecule has 1 saturated heterocycles. The number of benzene rings is 2. The zero-order chi connectivity index (χ0) is 21.8. The predicted octanol–water partition coefficient (Wildman–Crippen LogP) is 3.08. The molecule has 2 heterocycles. The number of carbonyl (C=O) groups is 2. The lowest BCUT2D eigenvalue weighted by Crippen LogP contribution is -2.35. The highest BCUT2D eigenvalue weighted by molar-refractivity contribution is 6.06. The number of hydrogen-bond donors (Lipinski definition) is 1. The van der Waals surface area contributed by atoms with Crippen LogP contribution in [-0.2, 0) is 17.8 Å². The molecule has 0 saturated carbocycles. The zero-order valence-electron chi connectivity index (χ0n) is 17.8. The Morgan fingerprint density at radius 2 is 1.48 bits per heavy atom. The normalized spacial score (nSPS) is 14.6. The molecule has 31 heavy (non-hydrogen) atoms. The molecule has 1 fully saturated rings. The summed E-state index contributed by atoms with van der Waals surface area (Å²) in [4.78, 5) is 27.7. The Balaban J connectivity index is 1.64. The molecule has 0 aliphatic carbocycles. The second-order valence-electron chi connectivity index (χ2n) is 7.91. The second-order valence-corrected chi connectivity index (χ2v) is 7.91. The van der Waals surface area contributed by atoms with E-state index < -0.39 is 5.97 Å². The minimum Gasteiger partial charge on any atom is -0.465 e. The van der Waals surface area contributed by atoms with Gasteiger partial charge in [0.1, 0.15) is 0 Å². The Labute approximate surface area is 181 Å². The molecule has 1 aliphatic heterocycles. The molecule has 7 heteroatoms. The van der Waals surface area contributed by atoms with Crippen molar-refractivity contribution < 1.29 is 14.3 Å². The summed E-state index contributed by atoms with van der Waals surface area (Å²) in [5.74, 6) is -0.762. The Hall–Kier alpha value is -3.19. The minimum absolute atomic E-state index is 0.00985. The number of esters is 1. The van der Waals surface area contributed by atoms with Crippen molar-refractivity contribution in [3.05, 3.63) is 65.3 Å². The van der Waals surface area contributed by atoms with Gasteiger partial charge in [0.25, 0.3) is 0 Å². The molecule has 162 valence electrons. The first-order valence-corrected chi connectivity index (χ1v) is 10.8. The number of Topliss-reactive ketones (excluding diaryl/α,β-unsaturated/α-hetero) is 1. The third-order valence-electron chi connectivity index (χ3n) is 6.00. The van der Waals surface area contributed by atoms with Gasteiger partial charge in [-0.15, -0.1) is 0 Å². The van der Waals surface area contributed by atoms with Crippen molar-refractivity contribution in [3.8, 4) is 0 Å². The summed E-state index contributed by atoms with van der Waals surface area (Å²) in [6.07, 6.45) is 3.75. The van der Waals surface area contributed by atoms with E-state index in [1.807, 2.05) is 28.8 Å². The number of imidazole rings is 1. The van der Waals surface area contributed by atoms with Gasteiger partial charge in [-0.25, -0.2) is 4.79 Å². The largest absolute Gasteiger partial charge is 0.465 e. The molecule has 4 rings (SSSR count). The monoisotopic (exact) mass is 420 g/mol. The van der Waals surface area contributed by atoms with Crippen LogP contribution in [0.25, 0.3) is 11.0 Å². The quantitative estimate of drug-likeness (QED) is 0.471. The first-order chi connectivity index (χ1) is 15.1. The topological polar surface area (TPSA) is 80.3 Å². The molecule has 7 nitrogen and oxygen atoms in total. The van der Waals surface area contributed by atoms with Crippen molar-refractivity contribution in [2.75, 3.05) is 26.7 Å². The number of hydrogen-bond acceptors (Lipinski definition) is 5. The number of carbonyl (C=O) groups excluding carboxylic acids is 2. The van der Waals surface area contributed by atoms with E-state index in [4.69, 9.17) is 10.1 Å². The van der Waals surface area contributed by atoms with Crippen LogP contribution < -0.4 is 5.62 Å². The summed E-state index contributed by atoms with van der Waals surface area (Å²) in [5, 5.41) is 8.79. The molecule has 0 bridgehead atoms. The number of rotatable bonds is 7. The second kappa shape index (κ2) is 9.31. The summed E-state index contributed by atoms with van der Waals surface area (Å²) in [6.45, 7) is 3.80. The first kappa shape index (κ1) is 21.1. The summed E-state index contributed by atoms with van der Waals surface area (Å²) >= 11 is 0. The molecule has 3 aromatic rings. The van der Waals surface area contributed by atoms with E-state index in [1.165, 1.54) is 26.4 Å². The maximum atomic E-state index is 13.1. The van der Waals surface area contributed by atoms with Gasteiger partial charge < -0.3 is 18.8 Å². The van der Waals surface area contributed by atoms with Crippen LogP contribution >= 0.6 is 0 Å². The third-order valence-corrected chi connectivity index (χ3v) is 6.00. The van der Waals surface area contributed by atoms with Gasteiger partial charge in [-0.2, -0.15) is 0 Å². The van der Waals surface area contributed by atoms with Crippen molar-refractivity contribution in [2.24, 2.45) is 0 Å². The Bertz CT molecular complexity index is 1160.